The van der Waals surface area contributed by atoms with E-state index in [0.717, 1.165) is 11.3 Å². The third-order valence-electron chi connectivity index (χ3n) is 3.58. The van der Waals surface area contributed by atoms with Gasteiger partial charge in [-0.25, -0.2) is 0 Å². The molecule has 2 rings (SSSR count). The summed E-state index contributed by atoms with van der Waals surface area (Å²) in [5, 5.41) is 18.4. The van der Waals surface area contributed by atoms with Crippen LogP contribution in [0.25, 0.3) is 5.70 Å². The minimum atomic E-state index is -1.05. The number of allylic oxidation sites excluding steroid dienone is 2. The molecule has 1 aromatic rings. The normalized spacial score (nSPS) is 22.1. The van der Waals surface area contributed by atoms with Crippen molar-refractivity contribution in [3.63, 3.8) is 0 Å². The Hall–Kier alpha value is -1.69. The lowest BCUT2D eigenvalue weighted by atomic mass is 9.78. The van der Waals surface area contributed by atoms with Crippen molar-refractivity contribution >= 4 is 17.6 Å². The van der Waals surface area contributed by atoms with Crippen LogP contribution in [0, 0.1) is 11.8 Å². The van der Waals surface area contributed by atoms with Crippen LogP contribution in [-0.2, 0) is 9.59 Å². The Morgan fingerprint density at radius 3 is 2.05 bits per heavy atom. The predicted octanol–water partition coefficient (Wildman–Crippen LogP) is -1.60. The molecule has 6 heteroatoms. The van der Waals surface area contributed by atoms with Crippen molar-refractivity contribution in [1.29, 1.82) is 0 Å². The number of halogens is 1. The minimum absolute atomic E-state index is 0. The molecule has 5 nitrogen and oxygen atoms in total. The van der Waals surface area contributed by atoms with E-state index < -0.39 is 23.8 Å². The molecule has 0 saturated heterocycles. The third-order valence-corrected chi connectivity index (χ3v) is 3.58. The highest BCUT2D eigenvalue weighted by Gasteiger charge is 2.41. The number of carboxylic acids is 2. The number of carbonyl (C=O) groups is 2. The molecule has 0 saturated carbocycles. The smallest absolute Gasteiger partial charge is 0.307 e. The molecule has 108 valence electrons. The fourth-order valence-corrected chi connectivity index (χ4v) is 2.54. The first-order valence-corrected chi connectivity index (χ1v) is 6.11. The van der Waals surface area contributed by atoms with Crippen molar-refractivity contribution < 1.29 is 41.4 Å². The van der Waals surface area contributed by atoms with Gasteiger partial charge in [0.25, 0.3) is 0 Å². The Morgan fingerprint density at radius 1 is 1.05 bits per heavy atom. The first kappa shape index (κ1) is 16.4. The molecule has 0 aliphatic heterocycles. The number of carboxylic acid groups (broad SMARTS) is 2. The molecule has 20 heavy (non-hydrogen) atoms. The van der Waals surface area contributed by atoms with Crippen LogP contribution >= 0.6 is 0 Å². The van der Waals surface area contributed by atoms with Gasteiger partial charge in [-0.05, 0) is 18.9 Å². The van der Waals surface area contributed by atoms with Crippen molar-refractivity contribution in [2.45, 2.75) is 19.8 Å². The number of hydrogen-bond acceptors (Lipinski definition) is 2. The van der Waals surface area contributed by atoms with Gasteiger partial charge in [0.15, 0.2) is 18.1 Å². The van der Waals surface area contributed by atoms with Gasteiger partial charge in [-0.15, -0.1) is 0 Å². The van der Waals surface area contributed by atoms with Crippen LogP contribution in [0.3, 0.4) is 0 Å². The Bertz CT molecular complexity index is 541. The monoisotopic (exact) mass is 341 g/mol. The van der Waals surface area contributed by atoms with Gasteiger partial charge in [0, 0.05) is 18.6 Å². The van der Waals surface area contributed by atoms with Crippen LogP contribution in [-0.4, -0.2) is 22.2 Å². The quantitative estimate of drug-likeness (QED) is 0.649. The van der Waals surface area contributed by atoms with Gasteiger partial charge in [0.2, 0.25) is 0 Å². The van der Waals surface area contributed by atoms with Crippen molar-refractivity contribution in [2.75, 3.05) is 0 Å². The Kier molecular flexibility index (Phi) is 5.44. The first-order valence-electron chi connectivity index (χ1n) is 6.11. The molecule has 2 N–H and O–H groups in total. The Balaban J connectivity index is 0.00000200. The lowest BCUT2D eigenvalue weighted by molar-refractivity contribution is -0.585. The Morgan fingerprint density at radius 2 is 1.55 bits per heavy atom. The van der Waals surface area contributed by atoms with E-state index in [-0.39, 0.29) is 29.8 Å². The van der Waals surface area contributed by atoms with E-state index in [1.54, 1.807) is 0 Å². The van der Waals surface area contributed by atoms with E-state index >= 15 is 0 Å². The second-order valence-corrected chi connectivity index (χ2v) is 4.81. The SMILES string of the molecule is CC1=C([n+]2ccccc2)C[C@H](C(=O)O)[C@@H](C(=O)O)C1.[Br-]. The number of pyridine rings is 1. The lowest BCUT2D eigenvalue weighted by Gasteiger charge is -2.25. The molecule has 1 aliphatic carbocycles. The summed E-state index contributed by atoms with van der Waals surface area (Å²) in [6, 6.07) is 5.60. The highest BCUT2D eigenvalue weighted by Crippen LogP contribution is 2.34. The summed E-state index contributed by atoms with van der Waals surface area (Å²) >= 11 is 0. The topological polar surface area (TPSA) is 78.5 Å². The number of nitrogens with zero attached hydrogens (tertiary/aromatic N) is 1. The number of hydrogen-bond donors (Lipinski definition) is 2. The zero-order valence-corrected chi connectivity index (χ0v) is 12.6. The molecule has 0 aromatic carbocycles. The van der Waals surface area contributed by atoms with Crippen LogP contribution in [0.4, 0.5) is 0 Å². The average molecular weight is 342 g/mol. The van der Waals surface area contributed by atoms with Gasteiger partial charge in [-0.2, -0.15) is 4.57 Å². The maximum Gasteiger partial charge on any atom is 0.307 e. The molecule has 2 atom stereocenters. The lowest BCUT2D eigenvalue weighted by Crippen LogP contribution is -3.00. The molecule has 0 unspecified atom stereocenters. The molecule has 0 amide bonds. The second-order valence-electron chi connectivity index (χ2n) is 4.81. The fourth-order valence-electron chi connectivity index (χ4n) is 2.54. The summed E-state index contributed by atoms with van der Waals surface area (Å²) in [6.07, 6.45) is 4.22. The summed E-state index contributed by atoms with van der Waals surface area (Å²) in [6.45, 7) is 1.86. The zero-order valence-electron chi connectivity index (χ0n) is 11.0. The highest BCUT2D eigenvalue weighted by atomic mass is 79.9. The number of rotatable bonds is 3. The minimum Gasteiger partial charge on any atom is -1.00 e. The summed E-state index contributed by atoms with van der Waals surface area (Å²) in [5.74, 6) is -3.80. The summed E-state index contributed by atoms with van der Waals surface area (Å²) in [4.78, 5) is 22.4. The maximum absolute atomic E-state index is 11.3. The number of aliphatic carboxylic acids is 2. The van der Waals surface area contributed by atoms with Gasteiger partial charge in [0.1, 0.15) is 0 Å². The molecular formula is C14H16BrNO4. The van der Waals surface area contributed by atoms with E-state index in [1.165, 1.54) is 0 Å². The molecule has 0 bridgehead atoms. The molecule has 0 spiro atoms. The predicted molar refractivity (Wildman–Crippen MR) is 67.0 cm³/mol. The molecule has 1 heterocycles. The van der Waals surface area contributed by atoms with Crippen LogP contribution in [0.2, 0.25) is 0 Å². The van der Waals surface area contributed by atoms with Gasteiger partial charge >= 0.3 is 11.9 Å². The molecule has 1 aromatic heterocycles. The van der Waals surface area contributed by atoms with Gasteiger partial charge in [-0.1, -0.05) is 6.07 Å². The van der Waals surface area contributed by atoms with Crippen LogP contribution in [0.1, 0.15) is 19.8 Å². The second kappa shape index (κ2) is 6.65. The molecule has 0 fully saturated rings. The summed E-state index contributed by atoms with van der Waals surface area (Å²) in [7, 11) is 0. The van der Waals surface area contributed by atoms with Crippen LogP contribution < -0.4 is 21.5 Å². The highest BCUT2D eigenvalue weighted by molar-refractivity contribution is 5.82. The largest absolute Gasteiger partial charge is 1.00 e. The maximum atomic E-state index is 11.3. The number of aromatic nitrogens is 1. The van der Waals surface area contributed by atoms with Crippen LogP contribution in [0.5, 0.6) is 0 Å². The van der Waals surface area contributed by atoms with E-state index in [0.29, 0.717) is 0 Å². The molecule has 1 aliphatic rings. The molecular weight excluding hydrogens is 326 g/mol. The van der Waals surface area contributed by atoms with Crippen molar-refractivity contribution in [3.8, 4) is 0 Å². The van der Waals surface area contributed by atoms with Crippen molar-refractivity contribution in [3.05, 3.63) is 36.2 Å². The fraction of sp³-hybridized carbons (Fsp3) is 0.357. The van der Waals surface area contributed by atoms with Gasteiger partial charge in [-0.3, -0.25) is 9.59 Å². The van der Waals surface area contributed by atoms with Crippen LogP contribution in [0.15, 0.2) is 36.2 Å². The van der Waals surface area contributed by atoms with E-state index in [9.17, 15) is 14.7 Å². The summed E-state index contributed by atoms with van der Waals surface area (Å²) in [5.41, 5.74) is 1.81. The van der Waals surface area contributed by atoms with E-state index in [2.05, 4.69) is 0 Å². The molecule has 0 radical (unpaired) electrons. The van der Waals surface area contributed by atoms with E-state index in [1.807, 2.05) is 42.1 Å². The Labute approximate surface area is 127 Å². The van der Waals surface area contributed by atoms with E-state index in [4.69, 9.17) is 5.11 Å². The third kappa shape index (κ3) is 3.25. The first-order chi connectivity index (χ1) is 9.00. The van der Waals surface area contributed by atoms with Gasteiger partial charge in [0.05, 0.1) is 11.8 Å². The summed E-state index contributed by atoms with van der Waals surface area (Å²) < 4.78 is 1.86. The van der Waals surface area contributed by atoms with Crippen molar-refractivity contribution in [2.24, 2.45) is 11.8 Å². The van der Waals surface area contributed by atoms with Gasteiger partial charge < -0.3 is 27.2 Å². The standard InChI is InChI=1S/C14H15NO4.BrH/c1-9-7-10(13(16)17)11(14(18)19)8-12(9)15-5-3-2-4-6-15;/h2-6,10-11H,7-8H2,1H3,(H-,16,17,18,19);1H/t10-,11-;/m0./s1. The zero-order chi connectivity index (χ0) is 14.0. The average Bonchev–Trinajstić information content (AvgIpc) is 2.39. The van der Waals surface area contributed by atoms with Crippen molar-refractivity contribution in [1.82, 2.24) is 0 Å².